The second-order valence-electron chi connectivity index (χ2n) is 5.36. The van der Waals surface area contributed by atoms with Gasteiger partial charge in [-0.05, 0) is 49.6 Å². The van der Waals surface area contributed by atoms with Gasteiger partial charge in [0.05, 0.1) is 0 Å². The van der Waals surface area contributed by atoms with Crippen LogP contribution in [-0.2, 0) is 0 Å². The Morgan fingerprint density at radius 3 is 2.64 bits per heavy atom. The maximum atomic E-state index is 11.9. The van der Waals surface area contributed by atoms with E-state index in [0.29, 0.717) is 18.1 Å². The van der Waals surface area contributed by atoms with Crippen LogP contribution in [0.4, 0.5) is 11.5 Å². The monoisotopic (exact) mass is 298 g/mol. The number of unbranched alkanes of at least 4 members (excludes halogenated alkanes) is 1. The van der Waals surface area contributed by atoms with Gasteiger partial charge in [0.2, 0.25) is 0 Å². The van der Waals surface area contributed by atoms with Gasteiger partial charge in [0.1, 0.15) is 0 Å². The highest BCUT2D eigenvalue weighted by Crippen LogP contribution is 2.20. The van der Waals surface area contributed by atoms with Crippen LogP contribution in [0.3, 0.4) is 0 Å². The maximum Gasteiger partial charge on any atom is 0.271 e. The molecule has 0 saturated carbocycles. The molecule has 2 aromatic rings. The van der Waals surface area contributed by atoms with Crippen LogP contribution >= 0.6 is 0 Å². The highest BCUT2D eigenvalue weighted by Gasteiger charge is 2.08. The first-order valence-electron chi connectivity index (χ1n) is 7.56. The SMILES string of the molecule is CCCCNC(=O)c1ccc(Nc2cc(C)ccc2C)nn1. The van der Waals surface area contributed by atoms with Crippen molar-refractivity contribution in [3.63, 3.8) is 0 Å². The summed E-state index contributed by atoms with van der Waals surface area (Å²) in [6.07, 6.45) is 2.01. The van der Waals surface area contributed by atoms with Gasteiger partial charge in [0, 0.05) is 12.2 Å². The molecular formula is C17H22N4O. The van der Waals surface area contributed by atoms with Crippen LogP contribution in [0, 0.1) is 13.8 Å². The van der Waals surface area contributed by atoms with Gasteiger partial charge in [-0.25, -0.2) is 0 Å². The molecule has 0 spiro atoms. The Morgan fingerprint density at radius 1 is 1.14 bits per heavy atom. The number of hydrogen-bond donors (Lipinski definition) is 2. The van der Waals surface area contributed by atoms with Crippen LogP contribution < -0.4 is 10.6 Å². The van der Waals surface area contributed by atoms with Gasteiger partial charge in [0.15, 0.2) is 11.5 Å². The Morgan fingerprint density at radius 2 is 1.95 bits per heavy atom. The molecule has 2 rings (SSSR count). The summed E-state index contributed by atoms with van der Waals surface area (Å²) >= 11 is 0. The number of aromatic nitrogens is 2. The van der Waals surface area contributed by atoms with Gasteiger partial charge >= 0.3 is 0 Å². The zero-order valence-corrected chi connectivity index (χ0v) is 13.3. The van der Waals surface area contributed by atoms with Gasteiger partial charge in [-0.2, -0.15) is 0 Å². The molecular weight excluding hydrogens is 276 g/mol. The fourth-order valence-corrected chi connectivity index (χ4v) is 2.00. The minimum Gasteiger partial charge on any atom is -0.351 e. The molecule has 0 unspecified atom stereocenters. The van der Waals surface area contributed by atoms with Crippen LogP contribution in [0.5, 0.6) is 0 Å². The van der Waals surface area contributed by atoms with Crippen molar-refractivity contribution in [1.29, 1.82) is 0 Å². The van der Waals surface area contributed by atoms with E-state index in [-0.39, 0.29) is 5.91 Å². The van der Waals surface area contributed by atoms with Gasteiger partial charge < -0.3 is 10.6 Å². The van der Waals surface area contributed by atoms with Crippen LogP contribution in [0.25, 0.3) is 0 Å². The van der Waals surface area contributed by atoms with Crippen LogP contribution in [0.15, 0.2) is 30.3 Å². The molecule has 0 saturated heterocycles. The molecule has 0 fully saturated rings. The number of amides is 1. The van der Waals surface area contributed by atoms with Crippen molar-refractivity contribution in [3.8, 4) is 0 Å². The van der Waals surface area contributed by atoms with Crippen molar-refractivity contribution in [2.45, 2.75) is 33.6 Å². The van der Waals surface area contributed by atoms with Crippen molar-refractivity contribution in [3.05, 3.63) is 47.2 Å². The Labute approximate surface area is 131 Å². The summed E-state index contributed by atoms with van der Waals surface area (Å²) in [6, 6.07) is 9.63. The van der Waals surface area contributed by atoms with Gasteiger partial charge in [-0.3, -0.25) is 4.79 Å². The second-order valence-corrected chi connectivity index (χ2v) is 5.36. The molecule has 0 aliphatic rings. The van der Waals surface area contributed by atoms with E-state index in [2.05, 4.69) is 46.0 Å². The molecule has 0 atom stereocenters. The number of benzene rings is 1. The number of nitrogens with zero attached hydrogens (tertiary/aromatic N) is 2. The highest BCUT2D eigenvalue weighted by atomic mass is 16.1. The number of hydrogen-bond acceptors (Lipinski definition) is 4. The van der Waals surface area contributed by atoms with E-state index in [0.717, 1.165) is 24.1 Å². The molecule has 2 N–H and O–H groups in total. The van der Waals surface area contributed by atoms with Crippen LogP contribution in [0.1, 0.15) is 41.4 Å². The maximum absolute atomic E-state index is 11.9. The van der Waals surface area contributed by atoms with Crippen molar-refractivity contribution < 1.29 is 4.79 Å². The number of anilines is 2. The zero-order valence-electron chi connectivity index (χ0n) is 13.3. The van der Waals surface area contributed by atoms with E-state index in [9.17, 15) is 4.79 Å². The average molecular weight is 298 g/mol. The fraction of sp³-hybridized carbons (Fsp3) is 0.353. The minimum absolute atomic E-state index is 0.181. The third kappa shape index (κ3) is 4.28. The third-order valence-corrected chi connectivity index (χ3v) is 3.37. The topological polar surface area (TPSA) is 66.9 Å². The molecule has 1 heterocycles. The smallest absolute Gasteiger partial charge is 0.271 e. The number of carbonyl (C=O) groups excluding carboxylic acids is 1. The second kappa shape index (κ2) is 7.54. The summed E-state index contributed by atoms with van der Waals surface area (Å²) in [7, 11) is 0. The first-order valence-corrected chi connectivity index (χ1v) is 7.56. The standard InChI is InChI=1S/C17H22N4O/c1-4-5-10-18-17(22)14-8-9-16(21-20-14)19-15-11-12(2)6-7-13(15)3/h6-9,11H,4-5,10H2,1-3H3,(H,18,22)(H,19,21). The summed E-state index contributed by atoms with van der Waals surface area (Å²) in [5, 5.41) is 14.1. The molecule has 0 aliphatic heterocycles. The summed E-state index contributed by atoms with van der Waals surface area (Å²) in [5.41, 5.74) is 3.64. The summed E-state index contributed by atoms with van der Waals surface area (Å²) < 4.78 is 0. The molecule has 5 heteroatoms. The third-order valence-electron chi connectivity index (χ3n) is 3.37. The minimum atomic E-state index is -0.181. The van der Waals surface area contributed by atoms with Crippen molar-refractivity contribution in [1.82, 2.24) is 15.5 Å². The molecule has 1 aromatic heterocycles. The Kier molecular flexibility index (Phi) is 5.47. The lowest BCUT2D eigenvalue weighted by Gasteiger charge is -2.09. The van der Waals surface area contributed by atoms with Crippen LogP contribution in [0.2, 0.25) is 0 Å². The Bertz CT molecular complexity index is 638. The van der Waals surface area contributed by atoms with Gasteiger partial charge in [-0.1, -0.05) is 25.5 Å². The Hall–Kier alpha value is -2.43. The number of aryl methyl sites for hydroxylation is 2. The molecule has 5 nitrogen and oxygen atoms in total. The molecule has 22 heavy (non-hydrogen) atoms. The van der Waals surface area contributed by atoms with E-state index in [1.807, 2.05) is 13.8 Å². The zero-order chi connectivity index (χ0) is 15.9. The Balaban J connectivity index is 2.02. The summed E-state index contributed by atoms with van der Waals surface area (Å²) in [4.78, 5) is 11.9. The summed E-state index contributed by atoms with van der Waals surface area (Å²) in [5.74, 6) is 0.443. The molecule has 0 aliphatic carbocycles. The lowest BCUT2D eigenvalue weighted by molar-refractivity contribution is 0.0947. The van der Waals surface area contributed by atoms with Gasteiger partial charge in [-0.15, -0.1) is 10.2 Å². The van der Waals surface area contributed by atoms with Crippen LogP contribution in [-0.4, -0.2) is 22.6 Å². The first kappa shape index (κ1) is 15.9. The molecule has 0 bridgehead atoms. The lowest BCUT2D eigenvalue weighted by atomic mass is 10.1. The number of rotatable bonds is 6. The van der Waals surface area contributed by atoms with Gasteiger partial charge in [0.25, 0.3) is 5.91 Å². The normalized spacial score (nSPS) is 10.3. The number of carbonyl (C=O) groups is 1. The fourth-order valence-electron chi connectivity index (χ4n) is 2.00. The number of nitrogens with one attached hydrogen (secondary N) is 2. The van der Waals surface area contributed by atoms with E-state index >= 15 is 0 Å². The summed E-state index contributed by atoms with van der Waals surface area (Å²) in [6.45, 7) is 6.82. The van der Waals surface area contributed by atoms with Crippen molar-refractivity contribution >= 4 is 17.4 Å². The highest BCUT2D eigenvalue weighted by molar-refractivity contribution is 5.92. The average Bonchev–Trinajstić information content (AvgIpc) is 2.52. The quantitative estimate of drug-likeness (QED) is 0.802. The molecule has 0 radical (unpaired) electrons. The lowest BCUT2D eigenvalue weighted by Crippen LogP contribution is -2.25. The predicted octanol–water partition coefficient (Wildman–Crippen LogP) is 3.37. The van der Waals surface area contributed by atoms with E-state index < -0.39 is 0 Å². The van der Waals surface area contributed by atoms with E-state index in [4.69, 9.17) is 0 Å². The molecule has 1 aromatic carbocycles. The molecule has 1 amide bonds. The molecule has 116 valence electrons. The van der Waals surface area contributed by atoms with E-state index in [1.54, 1.807) is 12.1 Å². The van der Waals surface area contributed by atoms with Crippen molar-refractivity contribution in [2.24, 2.45) is 0 Å². The van der Waals surface area contributed by atoms with Crippen molar-refractivity contribution in [2.75, 3.05) is 11.9 Å². The predicted molar refractivity (Wildman–Crippen MR) is 88.5 cm³/mol. The van der Waals surface area contributed by atoms with E-state index in [1.165, 1.54) is 5.56 Å². The largest absolute Gasteiger partial charge is 0.351 e. The first-order chi connectivity index (χ1) is 10.6.